The zero-order chi connectivity index (χ0) is 21.9. The Morgan fingerprint density at radius 3 is 2.20 bits per heavy atom. The van der Waals surface area contributed by atoms with Crippen molar-refractivity contribution < 1.29 is 8.42 Å². The van der Waals surface area contributed by atoms with Gasteiger partial charge >= 0.3 is 0 Å². The maximum Gasteiger partial charge on any atom is 0.242 e. The van der Waals surface area contributed by atoms with E-state index in [1.807, 2.05) is 19.1 Å². The zero-order valence-electron chi connectivity index (χ0n) is 19.3. The fourth-order valence-electron chi connectivity index (χ4n) is 2.93. The molecule has 1 atom stereocenters. The van der Waals surface area contributed by atoms with Crippen LogP contribution in [0.3, 0.4) is 0 Å². The molecule has 1 rings (SSSR count). The summed E-state index contributed by atoms with van der Waals surface area (Å²) >= 11 is 0. The van der Waals surface area contributed by atoms with E-state index in [1.165, 1.54) is 18.4 Å². The van der Waals surface area contributed by atoms with Crippen molar-refractivity contribution in [2.24, 2.45) is 4.99 Å². The van der Waals surface area contributed by atoms with Crippen LogP contribution in [-0.4, -0.2) is 69.9 Å². The Labute approximate surface area is 200 Å². The number of sulfonamides is 1. The Morgan fingerprint density at radius 1 is 1.10 bits per heavy atom. The summed E-state index contributed by atoms with van der Waals surface area (Å²) in [5.41, 5.74) is 0.967. The lowest BCUT2D eigenvalue weighted by atomic mass is 10.2. The van der Waals surface area contributed by atoms with E-state index in [4.69, 9.17) is 0 Å². The summed E-state index contributed by atoms with van der Waals surface area (Å²) in [4.78, 5) is 7.38. The van der Waals surface area contributed by atoms with E-state index in [2.05, 4.69) is 41.3 Å². The Morgan fingerprint density at radius 2 is 1.70 bits per heavy atom. The number of hydrogen-bond acceptors (Lipinski definition) is 4. The molecule has 174 valence electrons. The van der Waals surface area contributed by atoms with Crippen molar-refractivity contribution in [3.8, 4) is 0 Å². The van der Waals surface area contributed by atoms with Gasteiger partial charge in [0.2, 0.25) is 10.0 Å². The molecule has 0 aromatic heterocycles. The molecule has 0 spiro atoms. The smallest absolute Gasteiger partial charge is 0.242 e. The monoisotopic (exact) mass is 553 g/mol. The summed E-state index contributed by atoms with van der Waals surface area (Å²) in [6, 6.07) is 7.23. The van der Waals surface area contributed by atoms with Crippen molar-refractivity contribution >= 4 is 40.0 Å². The third-order valence-electron chi connectivity index (χ3n) is 4.85. The van der Waals surface area contributed by atoms with Crippen LogP contribution in [0.25, 0.3) is 0 Å². The molecule has 1 aromatic rings. The molecule has 0 fully saturated rings. The second-order valence-corrected chi connectivity index (χ2v) is 9.49. The summed E-state index contributed by atoms with van der Waals surface area (Å²) in [6.45, 7) is 13.2. The largest absolute Gasteiger partial charge is 0.357 e. The van der Waals surface area contributed by atoms with Crippen molar-refractivity contribution in [3.63, 3.8) is 0 Å². The van der Waals surface area contributed by atoms with Gasteiger partial charge in [0, 0.05) is 26.7 Å². The molecule has 7 nitrogen and oxygen atoms in total. The lowest BCUT2D eigenvalue weighted by molar-refractivity contribution is 0.292. The predicted octanol–water partition coefficient (Wildman–Crippen LogP) is 3.12. The molecular weight excluding hydrogens is 513 g/mol. The molecule has 0 aliphatic carbocycles. The average molecular weight is 554 g/mol. The fourth-order valence-corrected chi connectivity index (χ4v) is 3.84. The lowest BCUT2D eigenvalue weighted by Gasteiger charge is -2.21. The number of rotatable bonds is 12. The van der Waals surface area contributed by atoms with Crippen molar-refractivity contribution in [3.05, 3.63) is 29.8 Å². The van der Waals surface area contributed by atoms with Gasteiger partial charge in [-0.15, -0.1) is 24.0 Å². The van der Waals surface area contributed by atoms with Crippen LogP contribution >= 0.6 is 24.0 Å². The van der Waals surface area contributed by atoms with Gasteiger partial charge in [0.25, 0.3) is 0 Å². The highest BCUT2D eigenvalue weighted by Crippen LogP contribution is 2.14. The summed E-state index contributed by atoms with van der Waals surface area (Å²) in [6.07, 6.45) is 2.23. The van der Waals surface area contributed by atoms with Crippen LogP contribution in [0.5, 0.6) is 0 Å². The molecule has 0 amide bonds. The number of hydrogen-bond donors (Lipinski definition) is 2. The highest BCUT2D eigenvalue weighted by molar-refractivity contribution is 14.0. The predicted molar refractivity (Wildman–Crippen MR) is 137 cm³/mol. The highest BCUT2D eigenvalue weighted by atomic mass is 127. The van der Waals surface area contributed by atoms with Crippen LogP contribution in [0.1, 0.15) is 46.1 Å². The first-order valence-electron chi connectivity index (χ1n) is 10.5. The van der Waals surface area contributed by atoms with Crippen LogP contribution < -0.4 is 10.6 Å². The Hall–Kier alpha value is -0.910. The van der Waals surface area contributed by atoms with Crippen LogP contribution in [0.4, 0.5) is 0 Å². The minimum atomic E-state index is -3.40. The van der Waals surface area contributed by atoms with Gasteiger partial charge in [0.1, 0.15) is 0 Å². The molecule has 0 saturated heterocycles. The second-order valence-electron chi connectivity index (χ2n) is 7.34. The summed E-state index contributed by atoms with van der Waals surface area (Å²) in [5, 5.41) is 6.75. The van der Waals surface area contributed by atoms with E-state index in [0.717, 1.165) is 50.5 Å². The molecule has 0 aliphatic rings. The SMILES string of the molecule is CCNC(=NCc1ccc(S(=O)(=O)N(C)C)cc1)NC(C)CCCN(CC)CC.I. The molecule has 0 aliphatic heterocycles. The van der Waals surface area contributed by atoms with Crippen LogP contribution in [0, 0.1) is 0 Å². The maximum absolute atomic E-state index is 12.2. The van der Waals surface area contributed by atoms with Gasteiger partial charge in [0.05, 0.1) is 11.4 Å². The third kappa shape index (κ3) is 9.93. The quantitative estimate of drug-likeness (QED) is 0.236. The molecule has 30 heavy (non-hydrogen) atoms. The van der Waals surface area contributed by atoms with Crippen molar-refractivity contribution in [2.45, 2.75) is 58.0 Å². The van der Waals surface area contributed by atoms with Gasteiger partial charge in [0.15, 0.2) is 5.96 Å². The average Bonchev–Trinajstić information content (AvgIpc) is 2.69. The number of nitrogens with zero attached hydrogens (tertiary/aromatic N) is 3. The molecule has 2 N–H and O–H groups in total. The topological polar surface area (TPSA) is 77.0 Å². The van der Waals surface area contributed by atoms with E-state index in [0.29, 0.717) is 17.5 Å². The molecule has 9 heteroatoms. The number of aliphatic imine (C=N–C) groups is 1. The third-order valence-corrected chi connectivity index (χ3v) is 6.68. The van der Waals surface area contributed by atoms with Gasteiger partial charge in [-0.1, -0.05) is 26.0 Å². The fraction of sp³-hybridized carbons (Fsp3) is 0.667. The normalized spacial score (nSPS) is 13.3. The van der Waals surface area contributed by atoms with Gasteiger partial charge in [-0.25, -0.2) is 17.7 Å². The van der Waals surface area contributed by atoms with E-state index in [1.54, 1.807) is 12.1 Å². The minimum Gasteiger partial charge on any atom is -0.357 e. The van der Waals surface area contributed by atoms with Gasteiger partial charge in [-0.2, -0.15) is 0 Å². The maximum atomic E-state index is 12.2. The first-order valence-corrected chi connectivity index (χ1v) is 12.0. The number of benzene rings is 1. The van der Waals surface area contributed by atoms with E-state index >= 15 is 0 Å². The van der Waals surface area contributed by atoms with Crippen molar-refractivity contribution in [1.82, 2.24) is 19.8 Å². The number of nitrogens with one attached hydrogen (secondary N) is 2. The van der Waals surface area contributed by atoms with Crippen molar-refractivity contribution in [1.29, 1.82) is 0 Å². The first kappa shape index (κ1) is 29.1. The number of guanidine groups is 1. The Bertz CT molecular complexity index is 719. The molecular formula is C21H40IN5O2S. The van der Waals surface area contributed by atoms with E-state index in [9.17, 15) is 8.42 Å². The van der Waals surface area contributed by atoms with Crippen LogP contribution in [-0.2, 0) is 16.6 Å². The molecule has 1 unspecified atom stereocenters. The van der Waals surface area contributed by atoms with Gasteiger partial charge < -0.3 is 15.5 Å². The molecule has 0 radical (unpaired) electrons. The first-order chi connectivity index (χ1) is 13.7. The summed E-state index contributed by atoms with van der Waals surface area (Å²) in [5.74, 6) is 0.785. The van der Waals surface area contributed by atoms with Crippen LogP contribution in [0.2, 0.25) is 0 Å². The summed E-state index contributed by atoms with van der Waals surface area (Å²) in [7, 11) is -0.333. The Kier molecular flexibility index (Phi) is 14.5. The van der Waals surface area contributed by atoms with Gasteiger partial charge in [-0.05, 0) is 64.0 Å². The van der Waals surface area contributed by atoms with E-state index < -0.39 is 10.0 Å². The van der Waals surface area contributed by atoms with Gasteiger partial charge in [-0.3, -0.25) is 0 Å². The lowest BCUT2D eigenvalue weighted by Crippen LogP contribution is -2.42. The van der Waals surface area contributed by atoms with Crippen LogP contribution in [0.15, 0.2) is 34.2 Å². The van der Waals surface area contributed by atoms with E-state index in [-0.39, 0.29) is 24.0 Å². The highest BCUT2D eigenvalue weighted by Gasteiger charge is 2.16. The molecule has 0 heterocycles. The number of halogens is 1. The summed E-state index contributed by atoms with van der Waals surface area (Å²) < 4.78 is 25.5. The Balaban J connectivity index is 0.00000841. The van der Waals surface area contributed by atoms with Crippen molar-refractivity contribution in [2.75, 3.05) is 40.3 Å². The standard InChI is InChI=1S/C21H39N5O2S.HI/c1-7-22-21(24-18(4)11-10-16-26(8-2)9-3)23-17-19-12-14-20(15-13-19)29(27,28)25(5)6;/h12-15,18H,7-11,16-17H2,1-6H3,(H2,22,23,24);1H. The minimum absolute atomic E-state index is 0. The zero-order valence-corrected chi connectivity index (χ0v) is 22.5. The second kappa shape index (κ2) is 15.0. The molecule has 1 aromatic carbocycles. The molecule has 0 saturated carbocycles. The molecule has 0 bridgehead atoms.